The van der Waals surface area contributed by atoms with Gasteiger partial charge in [0.25, 0.3) is 0 Å². The number of amides is 3. The van der Waals surface area contributed by atoms with Gasteiger partial charge in [0.2, 0.25) is 5.91 Å². The van der Waals surface area contributed by atoms with E-state index in [0.29, 0.717) is 13.0 Å². The number of likely N-dealkylation sites (N-methyl/N-ethyl adjacent to an activating group) is 1. The maximum Gasteiger partial charge on any atom is 0.317 e. The Labute approximate surface area is 125 Å². The van der Waals surface area contributed by atoms with E-state index in [1.54, 1.807) is 11.9 Å². The molecule has 0 spiro atoms. The Balaban J connectivity index is 2.24. The second-order valence-electron chi connectivity index (χ2n) is 5.67. The lowest BCUT2D eigenvalue weighted by molar-refractivity contribution is -0.137. The molecule has 1 rings (SSSR count). The molecule has 0 aromatic rings. The molecule has 0 aromatic carbocycles. The van der Waals surface area contributed by atoms with Crippen LogP contribution in [0.4, 0.5) is 4.79 Å². The number of carbonyl (C=O) groups excluding carboxylic acids is 2. The number of urea groups is 1. The van der Waals surface area contributed by atoms with Crippen molar-refractivity contribution in [2.75, 3.05) is 33.2 Å². The van der Waals surface area contributed by atoms with E-state index in [1.165, 1.54) is 4.90 Å². The van der Waals surface area contributed by atoms with Crippen LogP contribution in [0, 0.1) is 5.92 Å². The van der Waals surface area contributed by atoms with Crippen LogP contribution >= 0.6 is 0 Å². The molecular weight excluding hydrogens is 274 g/mol. The fourth-order valence-electron chi connectivity index (χ4n) is 2.21. The molecule has 0 aromatic heterocycles. The fraction of sp³-hybridized carbons (Fsp3) is 0.786. The highest BCUT2D eigenvalue weighted by Gasteiger charge is 2.21. The smallest absolute Gasteiger partial charge is 0.317 e. The lowest BCUT2D eigenvalue weighted by Gasteiger charge is -2.22. The average molecular weight is 299 g/mol. The summed E-state index contributed by atoms with van der Waals surface area (Å²) in [6, 6.07) is -0.301. The highest BCUT2D eigenvalue weighted by Crippen LogP contribution is 2.08. The van der Waals surface area contributed by atoms with Gasteiger partial charge in [-0.2, -0.15) is 0 Å². The Morgan fingerprint density at radius 1 is 1.29 bits per heavy atom. The second-order valence-corrected chi connectivity index (χ2v) is 5.67. The predicted octanol–water partition coefficient (Wildman–Crippen LogP) is 0.751. The standard InChI is InChI=1S/C14H25N3O4/c1-11(5-6-13(19)20)9-15-14(21)16(2)10-12(18)17-7-3-4-8-17/h11H,3-10H2,1-2H3,(H,15,21)(H,19,20). The first-order valence-electron chi connectivity index (χ1n) is 7.38. The van der Waals surface area contributed by atoms with Gasteiger partial charge in [0.15, 0.2) is 0 Å². The number of carboxylic acids is 1. The van der Waals surface area contributed by atoms with Gasteiger partial charge in [-0.3, -0.25) is 9.59 Å². The molecule has 0 radical (unpaired) electrons. The zero-order valence-corrected chi connectivity index (χ0v) is 12.8. The molecule has 1 heterocycles. The largest absolute Gasteiger partial charge is 0.481 e. The van der Waals surface area contributed by atoms with Crippen LogP contribution in [0.15, 0.2) is 0 Å². The van der Waals surface area contributed by atoms with Crippen molar-refractivity contribution >= 4 is 17.9 Å². The molecular formula is C14H25N3O4. The summed E-state index contributed by atoms with van der Waals surface area (Å²) in [7, 11) is 1.59. The van der Waals surface area contributed by atoms with Gasteiger partial charge in [-0.25, -0.2) is 4.79 Å². The molecule has 0 aliphatic carbocycles. The molecule has 1 aliphatic heterocycles. The van der Waals surface area contributed by atoms with Crippen molar-refractivity contribution in [3.8, 4) is 0 Å². The molecule has 2 N–H and O–H groups in total. The van der Waals surface area contributed by atoms with Crippen molar-refractivity contribution in [1.82, 2.24) is 15.1 Å². The van der Waals surface area contributed by atoms with Crippen molar-refractivity contribution in [3.05, 3.63) is 0 Å². The lowest BCUT2D eigenvalue weighted by Crippen LogP contribution is -2.45. The first-order chi connectivity index (χ1) is 9.90. The van der Waals surface area contributed by atoms with Gasteiger partial charge in [0, 0.05) is 33.1 Å². The van der Waals surface area contributed by atoms with Gasteiger partial charge in [0.1, 0.15) is 6.54 Å². The van der Waals surface area contributed by atoms with Crippen LogP contribution in [0.5, 0.6) is 0 Å². The second kappa shape index (κ2) is 8.49. The number of likely N-dealkylation sites (tertiary alicyclic amines) is 1. The maximum atomic E-state index is 11.9. The molecule has 3 amide bonds. The molecule has 1 saturated heterocycles. The van der Waals surface area contributed by atoms with Crippen molar-refractivity contribution in [3.63, 3.8) is 0 Å². The van der Waals surface area contributed by atoms with Crippen molar-refractivity contribution in [2.24, 2.45) is 5.92 Å². The summed E-state index contributed by atoms with van der Waals surface area (Å²) >= 11 is 0. The normalized spacial score (nSPS) is 15.6. The topological polar surface area (TPSA) is 90.0 Å². The Kier molecular flexibility index (Phi) is 6.98. The monoisotopic (exact) mass is 299 g/mol. The summed E-state index contributed by atoms with van der Waals surface area (Å²) in [6.07, 6.45) is 2.68. The molecule has 1 atom stereocenters. The van der Waals surface area contributed by atoms with E-state index in [-0.39, 0.29) is 30.8 Å². The van der Waals surface area contributed by atoms with Crippen LogP contribution in [0.1, 0.15) is 32.6 Å². The van der Waals surface area contributed by atoms with Crippen molar-refractivity contribution < 1.29 is 19.5 Å². The van der Waals surface area contributed by atoms with Gasteiger partial charge >= 0.3 is 12.0 Å². The lowest BCUT2D eigenvalue weighted by atomic mass is 10.1. The van der Waals surface area contributed by atoms with Gasteiger partial charge < -0.3 is 20.2 Å². The number of aliphatic carboxylic acids is 1. The third-order valence-electron chi connectivity index (χ3n) is 3.63. The Morgan fingerprint density at radius 3 is 2.48 bits per heavy atom. The number of carboxylic acid groups (broad SMARTS) is 1. The van der Waals surface area contributed by atoms with Crippen LogP contribution in [-0.2, 0) is 9.59 Å². The number of nitrogens with zero attached hydrogens (tertiary/aromatic N) is 2. The molecule has 1 fully saturated rings. The molecule has 21 heavy (non-hydrogen) atoms. The third-order valence-corrected chi connectivity index (χ3v) is 3.63. The van der Waals surface area contributed by atoms with E-state index >= 15 is 0 Å². The zero-order chi connectivity index (χ0) is 15.8. The Morgan fingerprint density at radius 2 is 1.90 bits per heavy atom. The van der Waals surface area contributed by atoms with Crippen LogP contribution < -0.4 is 5.32 Å². The summed E-state index contributed by atoms with van der Waals surface area (Å²) in [5, 5.41) is 11.3. The fourth-order valence-corrected chi connectivity index (χ4v) is 2.21. The molecule has 7 nitrogen and oxygen atoms in total. The average Bonchev–Trinajstić information content (AvgIpc) is 2.96. The number of hydrogen-bond acceptors (Lipinski definition) is 3. The Hall–Kier alpha value is -1.79. The quantitative estimate of drug-likeness (QED) is 0.726. The van der Waals surface area contributed by atoms with Crippen LogP contribution in [0.2, 0.25) is 0 Å². The highest BCUT2D eigenvalue weighted by atomic mass is 16.4. The minimum atomic E-state index is -0.832. The van der Waals surface area contributed by atoms with E-state index in [0.717, 1.165) is 25.9 Å². The minimum Gasteiger partial charge on any atom is -0.481 e. The summed E-state index contributed by atoms with van der Waals surface area (Å²) < 4.78 is 0. The van der Waals surface area contributed by atoms with E-state index < -0.39 is 5.97 Å². The van der Waals surface area contributed by atoms with E-state index in [4.69, 9.17) is 5.11 Å². The molecule has 1 unspecified atom stereocenters. The summed E-state index contributed by atoms with van der Waals surface area (Å²) in [5.74, 6) is -0.765. The molecule has 120 valence electrons. The third kappa shape index (κ3) is 6.46. The van der Waals surface area contributed by atoms with Gasteiger partial charge in [-0.05, 0) is 25.2 Å². The van der Waals surface area contributed by atoms with E-state index in [2.05, 4.69) is 5.32 Å². The molecule has 1 aliphatic rings. The van der Waals surface area contributed by atoms with Crippen LogP contribution in [0.3, 0.4) is 0 Å². The zero-order valence-electron chi connectivity index (χ0n) is 12.8. The SMILES string of the molecule is CC(CCC(=O)O)CNC(=O)N(C)CC(=O)N1CCCC1. The van der Waals surface area contributed by atoms with Crippen molar-refractivity contribution in [1.29, 1.82) is 0 Å². The van der Waals surface area contributed by atoms with Crippen molar-refractivity contribution in [2.45, 2.75) is 32.6 Å². The van der Waals surface area contributed by atoms with Gasteiger partial charge in [0.05, 0.1) is 0 Å². The first kappa shape index (κ1) is 17.3. The molecule has 0 bridgehead atoms. The number of carbonyl (C=O) groups is 3. The first-order valence-corrected chi connectivity index (χ1v) is 7.38. The number of hydrogen-bond donors (Lipinski definition) is 2. The highest BCUT2D eigenvalue weighted by molar-refractivity contribution is 5.84. The van der Waals surface area contributed by atoms with Crippen LogP contribution in [-0.4, -0.2) is 66.0 Å². The Bertz CT molecular complexity index is 380. The number of nitrogens with one attached hydrogen (secondary N) is 1. The van der Waals surface area contributed by atoms with Gasteiger partial charge in [-0.15, -0.1) is 0 Å². The summed E-state index contributed by atoms with van der Waals surface area (Å²) in [5.41, 5.74) is 0. The van der Waals surface area contributed by atoms with E-state index in [1.807, 2.05) is 6.92 Å². The summed E-state index contributed by atoms with van der Waals surface area (Å²) in [6.45, 7) is 3.93. The predicted molar refractivity (Wildman–Crippen MR) is 77.9 cm³/mol. The summed E-state index contributed by atoms with van der Waals surface area (Å²) in [4.78, 5) is 37.4. The van der Waals surface area contributed by atoms with Crippen LogP contribution in [0.25, 0.3) is 0 Å². The minimum absolute atomic E-state index is 0.0240. The van der Waals surface area contributed by atoms with Gasteiger partial charge in [-0.1, -0.05) is 6.92 Å². The van der Waals surface area contributed by atoms with E-state index in [9.17, 15) is 14.4 Å². The molecule has 7 heteroatoms. The number of rotatable bonds is 7. The molecule has 0 saturated carbocycles. The maximum absolute atomic E-state index is 11.9.